The predicted molar refractivity (Wildman–Crippen MR) is 152 cm³/mol. The minimum atomic E-state index is -1.85. The minimum absolute atomic E-state index is 0. The van der Waals surface area contributed by atoms with Crippen molar-refractivity contribution in [2.24, 2.45) is 0 Å². The molecule has 0 saturated heterocycles. The maximum atomic E-state index is 11.5. The standard InChI is InChI=1S/C15H20O3.C8H24O2Si3.2CH4/c1-5-6-7-12-8-9-13(14(10-12)17-4)18-15(16)11(2)3;1-11(2,3)9-13(7,8)10-12(4,5)6;;/h8-10H,2,5-7H2,1,3-4H3;1-8H3;2*1H4. The first-order valence-corrected chi connectivity index (χ1v) is 20.6. The first-order chi connectivity index (χ1) is 14.0. The molecule has 1 rings (SSSR count). The van der Waals surface area contributed by atoms with Crippen LogP contribution in [-0.2, 0) is 19.4 Å². The summed E-state index contributed by atoms with van der Waals surface area (Å²) in [7, 11) is -3.15. The fraction of sp³-hybridized carbons (Fsp3) is 0.640. The normalized spacial score (nSPS) is 11.2. The summed E-state index contributed by atoms with van der Waals surface area (Å²) >= 11 is 0. The molecule has 8 heteroatoms. The van der Waals surface area contributed by atoms with Crippen molar-refractivity contribution >= 4 is 31.2 Å². The van der Waals surface area contributed by atoms with Crippen molar-refractivity contribution in [1.82, 2.24) is 0 Å². The number of benzene rings is 1. The third-order valence-electron chi connectivity index (χ3n) is 3.70. The molecule has 0 atom stereocenters. The molecule has 0 unspecified atom stereocenters. The predicted octanol–water partition coefficient (Wildman–Crippen LogP) is 8.18. The molecule has 0 amide bonds. The summed E-state index contributed by atoms with van der Waals surface area (Å²) in [5.74, 6) is 0.582. The number of unbranched alkanes of at least 4 members (excludes halogenated alkanes) is 1. The molecule has 1 aromatic carbocycles. The Labute approximate surface area is 208 Å². The highest BCUT2D eigenvalue weighted by Gasteiger charge is 2.35. The van der Waals surface area contributed by atoms with Gasteiger partial charge in [0.2, 0.25) is 0 Å². The van der Waals surface area contributed by atoms with Crippen LogP contribution in [0.2, 0.25) is 52.4 Å². The van der Waals surface area contributed by atoms with E-state index in [0.717, 1.165) is 19.3 Å². The van der Waals surface area contributed by atoms with Gasteiger partial charge in [-0.15, -0.1) is 0 Å². The van der Waals surface area contributed by atoms with E-state index in [1.165, 1.54) is 5.56 Å². The second kappa shape index (κ2) is 15.7. The van der Waals surface area contributed by atoms with Gasteiger partial charge in [-0.05, 0) is 89.8 Å². The zero-order valence-corrected chi connectivity index (χ0v) is 24.6. The molecule has 0 fully saturated rings. The number of esters is 1. The molecule has 0 aliphatic rings. The van der Waals surface area contributed by atoms with Crippen LogP contribution in [0.4, 0.5) is 0 Å². The number of rotatable bonds is 10. The average Bonchev–Trinajstić information content (AvgIpc) is 2.56. The number of carbonyl (C=O) groups is 1. The number of methoxy groups -OCH3 is 1. The van der Waals surface area contributed by atoms with Crippen molar-refractivity contribution in [2.75, 3.05) is 7.11 Å². The first-order valence-electron chi connectivity index (χ1n) is 10.9. The Morgan fingerprint density at radius 2 is 1.39 bits per heavy atom. The molecule has 0 radical (unpaired) electrons. The SMILES string of the molecule is C.C.C=C(C)C(=O)Oc1ccc(CCCC)cc1OC.C[Si](C)(C)O[Si](C)(C)O[Si](C)(C)C. The third-order valence-corrected chi connectivity index (χ3v) is 12.5. The summed E-state index contributed by atoms with van der Waals surface area (Å²) in [5.41, 5.74) is 1.55. The van der Waals surface area contributed by atoms with E-state index in [-0.39, 0.29) is 14.9 Å². The molecule has 0 aromatic heterocycles. The molecule has 0 saturated carbocycles. The van der Waals surface area contributed by atoms with Gasteiger partial charge in [0.15, 0.2) is 28.1 Å². The highest BCUT2D eigenvalue weighted by molar-refractivity contribution is 6.87. The van der Waals surface area contributed by atoms with Gasteiger partial charge in [-0.1, -0.05) is 40.8 Å². The molecule has 5 nitrogen and oxygen atoms in total. The molecule has 194 valence electrons. The number of ether oxygens (including phenoxy) is 2. The van der Waals surface area contributed by atoms with Crippen molar-refractivity contribution in [3.05, 3.63) is 35.9 Å². The van der Waals surface area contributed by atoms with Gasteiger partial charge in [-0.25, -0.2) is 4.79 Å². The summed E-state index contributed by atoms with van der Waals surface area (Å²) in [6.45, 7) is 24.9. The van der Waals surface area contributed by atoms with Crippen LogP contribution >= 0.6 is 0 Å². The fourth-order valence-electron chi connectivity index (χ4n) is 3.02. The van der Waals surface area contributed by atoms with E-state index < -0.39 is 31.2 Å². The van der Waals surface area contributed by atoms with E-state index in [1.807, 2.05) is 12.1 Å². The average molecular weight is 517 g/mol. The lowest BCUT2D eigenvalue weighted by Gasteiger charge is -2.35. The monoisotopic (exact) mass is 516 g/mol. The smallest absolute Gasteiger partial charge is 0.338 e. The highest BCUT2D eigenvalue weighted by atomic mass is 28.5. The molecule has 33 heavy (non-hydrogen) atoms. The summed E-state index contributed by atoms with van der Waals surface area (Å²) in [6.07, 6.45) is 3.28. The Morgan fingerprint density at radius 3 is 1.76 bits per heavy atom. The summed E-state index contributed by atoms with van der Waals surface area (Å²) in [4.78, 5) is 11.5. The largest absolute Gasteiger partial charge is 0.493 e. The number of hydrogen-bond donors (Lipinski definition) is 0. The lowest BCUT2D eigenvalue weighted by atomic mass is 10.1. The van der Waals surface area contributed by atoms with Gasteiger partial charge < -0.3 is 17.7 Å². The van der Waals surface area contributed by atoms with Crippen molar-refractivity contribution in [3.63, 3.8) is 0 Å². The van der Waals surface area contributed by atoms with Crippen molar-refractivity contribution in [3.8, 4) is 11.5 Å². The van der Waals surface area contributed by atoms with Crippen LogP contribution in [0.15, 0.2) is 30.4 Å². The zero-order valence-electron chi connectivity index (χ0n) is 21.6. The van der Waals surface area contributed by atoms with Crippen molar-refractivity contribution < 1.29 is 22.5 Å². The number of carbonyl (C=O) groups excluding carboxylic acids is 1. The maximum Gasteiger partial charge on any atom is 0.338 e. The molecule has 0 N–H and O–H groups in total. The van der Waals surface area contributed by atoms with E-state index in [1.54, 1.807) is 20.1 Å². The molecular weight excluding hydrogens is 465 g/mol. The molecule has 0 aliphatic heterocycles. The van der Waals surface area contributed by atoms with Crippen LogP contribution in [-0.4, -0.2) is 38.3 Å². The molecule has 1 aromatic rings. The van der Waals surface area contributed by atoms with E-state index in [4.69, 9.17) is 17.7 Å². The van der Waals surface area contributed by atoms with E-state index >= 15 is 0 Å². The number of aryl methyl sites for hydroxylation is 1. The molecule has 0 spiro atoms. The Morgan fingerprint density at radius 1 is 0.909 bits per heavy atom. The maximum absolute atomic E-state index is 11.5. The minimum Gasteiger partial charge on any atom is -0.493 e. The van der Waals surface area contributed by atoms with Crippen LogP contribution in [0.25, 0.3) is 0 Å². The second-order valence-corrected chi connectivity index (χ2v) is 23.0. The van der Waals surface area contributed by atoms with Crippen molar-refractivity contribution in [1.29, 1.82) is 0 Å². The van der Waals surface area contributed by atoms with Crippen LogP contribution < -0.4 is 9.47 Å². The molecule has 0 bridgehead atoms. The Hall–Kier alpha value is -1.20. The third kappa shape index (κ3) is 17.9. The lowest BCUT2D eigenvalue weighted by Crippen LogP contribution is -2.50. The summed E-state index contributed by atoms with van der Waals surface area (Å²) in [5, 5.41) is 0. The van der Waals surface area contributed by atoms with Crippen LogP contribution in [0, 0.1) is 0 Å². The van der Waals surface area contributed by atoms with Crippen molar-refractivity contribution in [2.45, 2.75) is 100 Å². The Bertz CT molecular complexity index is 702. The summed E-state index contributed by atoms with van der Waals surface area (Å²) < 4.78 is 22.6. The molecule has 0 heterocycles. The molecule has 0 aliphatic carbocycles. The van der Waals surface area contributed by atoms with E-state index in [9.17, 15) is 4.79 Å². The zero-order chi connectivity index (χ0) is 24.5. The van der Waals surface area contributed by atoms with Crippen LogP contribution in [0.5, 0.6) is 11.5 Å². The van der Waals surface area contributed by atoms with Gasteiger partial charge in [-0.3, -0.25) is 0 Å². The number of hydrogen-bond acceptors (Lipinski definition) is 5. The van der Waals surface area contributed by atoms with Crippen LogP contribution in [0.3, 0.4) is 0 Å². The molecular formula is C25H52O5Si3. The summed E-state index contributed by atoms with van der Waals surface area (Å²) in [6, 6.07) is 5.64. The fourth-order valence-corrected chi connectivity index (χ4v) is 15.4. The van der Waals surface area contributed by atoms with Gasteiger partial charge in [0.1, 0.15) is 0 Å². The first kappa shape index (κ1) is 36.4. The van der Waals surface area contributed by atoms with Gasteiger partial charge in [0, 0.05) is 5.57 Å². The Balaban J connectivity index is -0.000000540. The lowest BCUT2D eigenvalue weighted by molar-refractivity contribution is -0.130. The quantitative estimate of drug-likeness (QED) is 0.136. The van der Waals surface area contributed by atoms with Gasteiger partial charge >= 0.3 is 14.5 Å². The van der Waals surface area contributed by atoms with Gasteiger partial charge in [-0.2, -0.15) is 0 Å². The highest BCUT2D eigenvalue weighted by Crippen LogP contribution is 2.29. The van der Waals surface area contributed by atoms with E-state index in [2.05, 4.69) is 65.9 Å². The Kier molecular flexibility index (Phi) is 17.3. The van der Waals surface area contributed by atoms with Crippen LogP contribution in [0.1, 0.15) is 47.1 Å². The topological polar surface area (TPSA) is 54.0 Å². The van der Waals surface area contributed by atoms with Gasteiger partial charge in [0.05, 0.1) is 7.11 Å². The van der Waals surface area contributed by atoms with E-state index in [0.29, 0.717) is 17.1 Å². The van der Waals surface area contributed by atoms with Gasteiger partial charge in [0.25, 0.3) is 0 Å². The second-order valence-electron chi connectivity index (χ2n) is 10.1.